The molecule has 1 amide bonds. The molecule has 0 saturated carbocycles. The molecule has 154 valence electrons. The van der Waals surface area contributed by atoms with E-state index in [-0.39, 0.29) is 0 Å². The SMILES string of the molecule is COc1ccc(/C=C/C(=O)O[C@H](C)C(=O)Nc2ccc3ccccc3c2)c(OC)c1. The van der Waals surface area contributed by atoms with E-state index in [1.807, 2.05) is 42.5 Å². The van der Waals surface area contributed by atoms with E-state index in [1.165, 1.54) is 20.1 Å². The van der Waals surface area contributed by atoms with E-state index < -0.39 is 18.0 Å². The number of amides is 1. The molecule has 0 aliphatic heterocycles. The molecule has 6 nitrogen and oxygen atoms in total. The first-order valence-corrected chi connectivity index (χ1v) is 9.40. The molecule has 0 radical (unpaired) electrons. The van der Waals surface area contributed by atoms with Gasteiger partial charge in [-0.15, -0.1) is 0 Å². The predicted octanol–water partition coefficient (Wildman–Crippen LogP) is 4.44. The average molecular weight is 405 g/mol. The molecule has 1 atom stereocenters. The minimum absolute atomic E-state index is 0.408. The standard InChI is InChI=1S/C24H23NO5/c1-16(24(27)25-20-11-8-17-6-4-5-7-19(17)14-20)30-23(26)13-10-18-9-12-21(28-2)15-22(18)29-3/h4-16H,1-3H3,(H,25,27)/b13-10+/t16-/m1/s1. The fourth-order valence-corrected chi connectivity index (χ4v) is 2.89. The molecule has 3 rings (SSSR count). The summed E-state index contributed by atoms with van der Waals surface area (Å²) in [6.45, 7) is 1.52. The third-order valence-corrected chi connectivity index (χ3v) is 4.52. The molecule has 0 fully saturated rings. The summed E-state index contributed by atoms with van der Waals surface area (Å²) >= 11 is 0. The second kappa shape index (κ2) is 9.60. The van der Waals surface area contributed by atoms with E-state index >= 15 is 0 Å². The second-order valence-corrected chi connectivity index (χ2v) is 6.57. The number of carbonyl (C=O) groups is 2. The lowest BCUT2D eigenvalue weighted by Gasteiger charge is -2.13. The maximum absolute atomic E-state index is 12.4. The summed E-state index contributed by atoms with van der Waals surface area (Å²) in [5, 5.41) is 4.86. The third kappa shape index (κ3) is 5.17. The van der Waals surface area contributed by atoms with E-state index in [1.54, 1.807) is 31.4 Å². The first-order valence-electron chi connectivity index (χ1n) is 9.40. The van der Waals surface area contributed by atoms with Gasteiger partial charge in [0.1, 0.15) is 11.5 Å². The zero-order valence-corrected chi connectivity index (χ0v) is 17.0. The van der Waals surface area contributed by atoms with Gasteiger partial charge < -0.3 is 19.5 Å². The van der Waals surface area contributed by atoms with Crippen LogP contribution in [0.3, 0.4) is 0 Å². The number of ether oxygens (including phenoxy) is 3. The summed E-state index contributed by atoms with van der Waals surface area (Å²) in [6, 6.07) is 18.7. The summed E-state index contributed by atoms with van der Waals surface area (Å²) < 4.78 is 15.6. The predicted molar refractivity (Wildman–Crippen MR) is 117 cm³/mol. The van der Waals surface area contributed by atoms with Crippen LogP contribution in [0.2, 0.25) is 0 Å². The number of methoxy groups -OCH3 is 2. The number of hydrogen-bond acceptors (Lipinski definition) is 5. The molecule has 0 aliphatic rings. The van der Waals surface area contributed by atoms with Gasteiger partial charge in [0.05, 0.1) is 14.2 Å². The highest BCUT2D eigenvalue weighted by Gasteiger charge is 2.17. The molecule has 0 saturated heterocycles. The lowest BCUT2D eigenvalue weighted by Crippen LogP contribution is -2.29. The molecule has 0 aromatic heterocycles. The number of nitrogens with one attached hydrogen (secondary N) is 1. The Labute approximate surface area is 175 Å². The maximum atomic E-state index is 12.4. The fraction of sp³-hybridized carbons (Fsp3) is 0.167. The lowest BCUT2D eigenvalue weighted by molar-refractivity contribution is -0.148. The van der Waals surface area contributed by atoms with Gasteiger partial charge in [0, 0.05) is 23.4 Å². The van der Waals surface area contributed by atoms with Gasteiger partial charge in [-0.3, -0.25) is 4.79 Å². The molecular formula is C24H23NO5. The molecule has 0 bridgehead atoms. The Morgan fingerprint density at radius 1 is 0.933 bits per heavy atom. The van der Waals surface area contributed by atoms with Crippen molar-refractivity contribution in [3.05, 3.63) is 72.3 Å². The number of fused-ring (bicyclic) bond motifs is 1. The number of esters is 1. The van der Waals surface area contributed by atoms with Crippen molar-refractivity contribution in [2.24, 2.45) is 0 Å². The Balaban J connectivity index is 1.60. The Kier molecular flexibility index (Phi) is 6.70. The van der Waals surface area contributed by atoms with E-state index in [9.17, 15) is 9.59 Å². The van der Waals surface area contributed by atoms with Gasteiger partial charge >= 0.3 is 5.97 Å². The van der Waals surface area contributed by atoms with Crippen LogP contribution in [0.5, 0.6) is 11.5 Å². The maximum Gasteiger partial charge on any atom is 0.331 e. The molecule has 3 aromatic rings. The highest BCUT2D eigenvalue weighted by atomic mass is 16.5. The number of carbonyl (C=O) groups excluding carboxylic acids is 2. The van der Waals surface area contributed by atoms with Crippen LogP contribution < -0.4 is 14.8 Å². The van der Waals surface area contributed by atoms with Crippen molar-refractivity contribution in [3.8, 4) is 11.5 Å². The van der Waals surface area contributed by atoms with Gasteiger partial charge in [-0.1, -0.05) is 30.3 Å². The lowest BCUT2D eigenvalue weighted by atomic mass is 10.1. The van der Waals surface area contributed by atoms with Crippen molar-refractivity contribution < 1.29 is 23.8 Å². The van der Waals surface area contributed by atoms with Crippen LogP contribution in [0, 0.1) is 0 Å². The number of rotatable bonds is 7. The summed E-state index contributed by atoms with van der Waals surface area (Å²) in [7, 11) is 3.09. The first kappa shape index (κ1) is 20.9. The van der Waals surface area contributed by atoms with Crippen molar-refractivity contribution in [1.29, 1.82) is 0 Å². The zero-order valence-electron chi connectivity index (χ0n) is 17.0. The quantitative estimate of drug-likeness (QED) is 0.465. The van der Waals surface area contributed by atoms with Crippen LogP contribution in [0.15, 0.2) is 66.7 Å². The highest BCUT2D eigenvalue weighted by molar-refractivity contribution is 5.98. The van der Waals surface area contributed by atoms with Crippen LogP contribution in [-0.2, 0) is 14.3 Å². The Morgan fingerprint density at radius 2 is 1.70 bits per heavy atom. The van der Waals surface area contributed by atoms with Crippen molar-refractivity contribution >= 4 is 34.4 Å². The Hall–Kier alpha value is -3.80. The average Bonchev–Trinajstić information content (AvgIpc) is 2.77. The minimum atomic E-state index is -0.952. The summed E-state index contributed by atoms with van der Waals surface area (Å²) in [5.74, 6) is 0.161. The number of benzene rings is 3. The first-order chi connectivity index (χ1) is 14.5. The molecule has 3 aromatic carbocycles. The van der Waals surface area contributed by atoms with Crippen LogP contribution in [0.4, 0.5) is 5.69 Å². The topological polar surface area (TPSA) is 73.9 Å². The third-order valence-electron chi connectivity index (χ3n) is 4.52. The van der Waals surface area contributed by atoms with E-state index in [2.05, 4.69) is 5.32 Å². The molecule has 0 unspecified atom stereocenters. The van der Waals surface area contributed by atoms with Gasteiger partial charge in [0.25, 0.3) is 5.91 Å². The molecule has 0 aliphatic carbocycles. The van der Waals surface area contributed by atoms with Gasteiger partial charge in [0.15, 0.2) is 6.10 Å². The molecule has 0 spiro atoms. The Bertz CT molecular complexity index is 1090. The van der Waals surface area contributed by atoms with Crippen molar-refractivity contribution in [2.75, 3.05) is 19.5 Å². The largest absolute Gasteiger partial charge is 0.497 e. The van der Waals surface area contributed by atoms with Crippen molar-refractivity contribution in [1.82, 2.24) is 0 Å². The molecule has 0 heterocycles. The summed E-state index contributed by atoms with van der Waals surface area (Å²) in [4.78, 5) is 24.5. The monoisotopic (exact) mass is 405 g/mol. The van der Waals surface area contributed by atoms with Crippen molar-refractivity contribution in [2.45, 2.75) is 13.0 Å². The fourth-order valence-electron chi connectivity index (χ4n) is 2.89. The van der Waals surface area contributed by atoms with Crippen LogP contribution in [-0.4, -0.2) is 32.2 Å². The van der Waals surface area contributed by atoms with Crippen molar-refractivity contribution in [3.63, 3.8) is 0 Å². The van der Waals surface area contributed by atoms with Gasteiger partial charge in [-0.05, 0) is 48.0 Å². The van der Waals surface area contributed by atoms with E-state index in [4.69, 9.17) is 14.2 Å². The van der Waals surface area contributed by atoms with E-state index in [0.29, 0.717) is 22.7 Å². The molecule has 6 heteroatoms. The van der Waals surface area contributed by atoms with Crippen LogP contribution in [0.1, 0.15) is 12.5 Å². The highest BCUT2D eigenvalue weighted by Crippen LogP contribution is 2.25. The second-order valence-electron chi connectivity index (χ2n) is 6.57. The minimum Gasteiger partial charge on any atom is -0.497 e. The Morgan fingerprint density at radius 3 is 2.43 bits per heavy atom. The molecule has 30 heavy (non-hydrogen) atoms. The van der Waals surface area contributed by atoms with Gasteiger partial charge in [-0.2, -0.15) is 0 Å². The van der Waals surface area contributed by atoms with Crippen LogP contribution in [0.25, 0.3) is 16.8 Å². The van der Waals surface area contributed by atoms with Crippen LogP contribution >= 0.6 is 0 Å². The number of anilines is 1. The summed E-state index contributed by atoms with van der Waals surface area (Å²) in [5.41, 5.74) is 1.32. The smallest absolute Gasteiger partial charge is 0.331 e. The molecule has 1 N–H and O–H groups in total. The molecular weight excluding hydrogens is 382 g/mol. The van der Waals surface area contributed by atoms with Gasteiger partial charge in [0.2, 0.25) is 0 Å². The van der Waals surface area contributed by atoms with E-state index in [0.717, 1.165) is 10.8 Å². The normalized spacial score (nSPS) is 11.8. The number of hydrogen-bond donors (Lipinski definition) is 1. The summed E-state index contributed by atoms with van der Waals surface area (Å²) in [6.07, 6.45) is 1.87. The zero-order chi connectivity index (χ0) is 21.5. The van der Waals surface area contributed by atoms with Gasteiger partial charge in [-0.25, -0.2) is 4.79 Å².